The number of ether oxygens (including phenoxy) is 1. The van der Waals surface area contributed by atoms with Crippen molar-refractivity contribution in [3.63, 3.8) is 0 Å². The van der Waals surface area contributed by atoms with Crippen LogP contribution in [-0.4, -0.2) is 32.1 Å². The first-order chi connectivity index (χ1) is 11.7. The summed E-state index contributed by atoms with van der Waals surface area (Å²) in [6.45, 7) is 10.00. The smallest absolute Gasteiger partial charge is 0.230 e. The van der Waals surface area contributed by atoms with Gasteiger partial charge in [0.05, 0.1) is 5.75 Å². The molecule has 0 fully saturated rings. The van der Waals surface area contributed by atoms with Gasteiger partial charge < -0.3 is 15.9 Å². The van der Waals surface area contributed by atoms with E-state index in [1.165, 1.54) is 16.4 Å². The minimum Gasteiger partial charge on any atom is -0.485 e. The zero-order chi connectivity index (χ0) is 18.6. The molecule has 0 saturated heterocycles. The zero-order valence-electron chi connectivity index (χ0n) is 15.3. The van der Waals surface area contributed by atoms with Gasteiger partial charge in [-0.3, -0.25) is 4.79 Å². The molecule has 2 aromatic rings. The summed E-state index contributed by atoms with van der Waals surface area (Å²) in [7, 11) is 0. The molecular formula is C17H25N5O2S. The second-order valence-corrected chi connectivity index (χ2v) is 7.81. The van der Waals surface area contributed by atoms with Crippen LogP contribution in [0.15, 0.2) is 23.4 Å². The van der Waals surface area contributed by atoms with Crippen LogP contribution in [0.5, 0.6) is 5.75 Å². The number of rotatable bonds is 6. The highest BCUT2D eigenvalue weighted by Crippen LogP contribution is 2.23. The Balaban J connectivity index is 1.96. The summed E-state index contributed by atoms with van der Waals surface area (Å²) < 4.78 is 7.21. The Kier molecular flexibility index (Phi) is 5.94. The van der Waals surface area contributed by atoms with Crippen LogP contribution >= 0.6 is 11.8 Å². The van der Waals surface area contributed by atoms with Crippen LogP contribution in [0.2, 0.25) is 0 Å². The monoisotopic (exact) mass is 363 g/mol. The van der Waals surface area contributed by atoms with Gasteiger partial charge >= 0.3 is 0 Å². The number of aryl methyl sites for hydroxylation is 2. The third kappa shape index (κ3) is 5.38. The predicted octanol–water partition coefficient (Wildman–Crippen LogP) is 2.19. The molecule has 0 aliphatic rings. The largest absolute Gasteiger partial charge is 0.485 e. The Morgan fingerprint density at radius 3 is 2.52 bits per heavy atom. The normalized spacial score (nSPS) is 11.4. The number of nitrogen functional groups attached to an aromatic ring is 1. The van der Waals surface area contributed by atoms with Gasteiger partial charge in [0.15, 0.2) is 5.82 Å². The van der Waals surface area contributed by atoms with Crippen molar-refractivity contribution in [3.8, 4) is 5.75 Å². The van der Waals surface area contributed by atoms with Crippen molar-refractivity contribution in [2.75, 3.05) is 11.6 Å². The van der Waals surface area contributed by atoms with Crippen molar-refractivity contribution in [2.45, 2.75) is 51.9 Å². The maximum Gasteiger partial charge on any atom is 0.230 e. The average Bonchev–Trinajstić information content (AvgIpc) is 2.83. The van der Waals surface area contributed by atoms with E-state index < -0.39 is 0 Å². The number of para-hydroxylation sites is 1. The Morgan fingerprint density at radius 1 is 1.28 bits per heavy atom. The Hall–Kier alpha value is -2.22. The van der Waals surface area contributed by atoms with Crippen LogP contribution in [0.3, 0.4) is 0 Å². The summed E-state index contributed by atoms with van der Waals surface area (Å²) in [5.74, 6) is 7.49. The number of hydrogen-bond donors (Lipinski definition) is 2. The molecule has 136 valence electrons. The minimum atomic E-state index is -0.265. The lowest BCUT2D eigenvalue weighted by Gasteiger charge is -2.20. The first-order valence-electron chi connectivity index (χ1n) is 7.99. The van der Waals surface area contributed by atoms with Crippen LogP contribution in [0.1, 0.15) is 37.7 Å². The second kappa shape index (κ2) is 7.77. The number of carbonyl (C=O) groups excluding carboxylic acids is 1. The van der Waals surface area contributed by atoms with Crippen molar-refractivity contribution < 1.29 is 9.53 Å². The summed E-state index contributed by atoms with van der Waals surface area (Å²) >= 11 is 1.24. The van der Waals surface area contributed by atoms with Gasteiger partial charge in [-0.15, -0.1) is 10.2 Å². The van der Waals surface area contributed by atoms with E-state index in [9.17, 15) is 4.79 Å². The van der Waals surface area contributed by atoms with E-state index in [2.05, 4.69) is 15.5 Å². The average molecular weight is 363 g/mol. The molecule has 0 aliphatic carbocycles. The Labute approximate surface area is 152 Å². The molecule has 1 aromatic heterocycles. The van der Waals surface area contributed by atoms with E-state index in [4.69, 9.17) is 10.6 Å². The molecule has 7 nitrogen and oxygen atoms in total. The standard InChI is InChI=1S/C17H25N5O2S/c1-11-7-6-8-12(2)15(11)24-9-13-20-21-16(22(13)18)25-10-14(23)19-17(3,4)5/h6-8H,9-10,18H2,1-5H3,(H,19,23). The quantitative estimate of drug-likeness (QED) is 0.603. The molecule has 0 atom stereocenters. The fourth-order valence-electron chi connectivity index (χ4n) is 2.25. The summed E-state index contributed by atoms with van der Waals surface area (Å²) in [6, 6.07) is 5.97. The van der Waals surface area contributed by atoms with Gasteiger partial charge in [-0.05, 0) is 45.7 Å². The number of benzene rings is 1. The van der Waals surface area contributed by atoms with Crippen LogP contribution in [0.25, 0.3) is 0 Å². The number of aromatic nitrogens is 3. The molecule has 3 N–H and O–H groups in total. The molecule has 1 aromatic carbocycles. The number of nitrogens with two attached hydrogens (primary N) is 1. The van der Waals surface area contributed by atoms with Crippen molar-refractivity contribution in [1.29, 1.82) is 0 Å². The maximum atomic E-state index is 11.9. The molecule has 25 heavy (non-hydrogen) atoms. The lowest BCUT2D eigenvalue weighted by Crippen LogP contribution is -2.41. The highest BCUT2D eigenvalue weighted by Gasteiger charge is 2.17. The molecule has 0 spiro atoms. The number of hydrogen-bond acceptors (Lipinski definition) is 6. The van der Waals surface area contributed by atoms with Crippen LogP contribution in [0.4, 0.5) is 0 Å². The van der Waals surface area contributed by atoms with Crippen molar-refractivity contribution >= 4 is 17.7 Å². The number of thioether (sulfide) groups is 1. The van der Waals surface area contributed by atoms with Crippen LogP contribution in [-0.2, 0) is 11.4 Å². The number of carbonyl (C=O) groups is 1. The lowest BCUT2D eigenvalue weighted by atomic mass is 10.1. The van der Waals surface area contributed by atoms with Crippen molar-refractivity contribution in [3.05, 3.63) is 35.2 Å². The Bertz CT molecular complexity index is 732. The Morgan fingerprint density at radius 2 is 1.92 bits per heavy atom. The van der Waals surface area contributed by atoms with E-state index in [0.29, 0.717) is 11.0 Å². The first kappa shape index (κ1) is 19.1. The molecule has 1 amide bonds. The third-order valence-corrected chi connectivity index (χ3v) is 4.28. The van der Waals surface area contributed by atoms with Gasteiger partial charge in [0, 0.05) is 5.54 Å². The maximum absolute atomic E-state index is 11.9. The van der Waals surface area contributed by atoms with Gasteiger partial charge in [0.2, 0.25) is 11.1 Å². The topological polar surface area (TPSA) is 95.1 Å². The summed E-state index contributed by atoms with van der Waals surface area (Å²) in [5.41, 5.74) is 1.84. The molecule has 8 heteroatoms. The lowest BCUT2D eigenvalue weighted by molar-refractivity contribution is -0.119. The number of nitrogens with one attached hydrogen (secondary N) is 1. The van der Waals surface area contributed by atoms with E-state index in [1.54, 1.807) is 0 Å². The molecule has 1 heterocycles. The molecule has 0 bridgehead atoms. The molecule has 0 aliphatic heterocycles. The number of nitrogens with zero attached hydrogens (tertiary/aromatic N) is 3. The van der Waals surface area contributed by atoms with E-state index in [-0.39, 0.29) is 23.8 Å². The molecule has 0 unspecified atom stereocenters. The zero-order valence-corrected chi connectivity index (χ0v) is 16.1. The number of amides is 1. The van der Waals surface area contributed by atoms with E-state index >= 15 is 0 Å². The van der Waals surface area contributed by atoms with Gasteiger partial charge in [-0.25, -0.2) is 4.68 Å². The van der Waals surface area contributed by atoms with Crippen LogP contribution in [0, 0.1) is 13.8 Å². The second-order valence-electron chi connectivity index (χ2n) is 6.87. The minimum absolute atomic E-state index is 0.0752. The summed E-state index contributed by atoms with van der Waals surface area (Å²) in [5, 5.41) is 11.5. The van der Waals surface area contributed by atoms with Gasteiger partial charge in [-0.2, -0.15) is 0 Å². The predicted molar refractivity (Wildman–Crippen MR) is 99.0 cm³/mol. The SMILES string of the molecule is Cc1cccc(C)c1OCc1nnc(SCC(=O)NC(C)(C)C)n1N. The third-order valence-electron chi connectivity index (χ3n) is 3.34. The highest BCUT2D eigenvalue weighted by atomic mass is 32.2. The fraction of sp³-hybridized carbons (Fsp3) is 0.471. The van der Waals surface area contributed by atoms with Gasteiger partial charge in [0.25, 0.3) is 0 Å². The molecular weight excluding hydrogens is 338 g/mol. The van der Waals surface area contributed by atoms with Crippen molar-refractivity contribution in [2.24, 2.45) is 0 Å². The molecule has 2 rings (SSSR count). The molecule has 0 saturated carbocycles. The molecule has 0 radical (unpaired) electrons. The van der Waals surface area contributed by atoms with Gasteiger partial charge in [-0.1, -0.05) is 30.0 Å². The van der Waals surface area contributed by atoms with E-state index in [0.717, 1.165) is 16.9 Å². The van der Waals surface area contributed by atoms with Crippen LogP contribution < -0.4 is 15.9 Å². The first-order valence-corrected chi connectivity index (χ1v) is 8.98. The highest BCUT2D eigenvalue weighted by molar-refractivity contribution is 7.99. The summed E-state index contributed by atoms with van der Waals surface area (Å²) in [6.07, 6.45) is 0. The summed E-state index contributed by atoms with van der Waals surface area (Å²) in [4.78, 5) is 11.9. The fourth-order valence-corrected chi connectivity index (χ4v) is 2.93. The van der Waals surface area contributed by atoms with Crippen molar-refractivity contribution in [1.82, 2.24) is 20.2 Å². The van der Waals surface area contributed by atoms with Gasteiger partial charge in [0.1, 0.15) is 12.4 Å². The van der Waals surface area contributed by atoms with E-state index in [1.807, 2.05) is 52.8 Å².